The number of hydrogen-bond acceptors (Lipinski definition) is 4. The molecule has 1 heterocycles. The van der Waals surface area contributed by atoms with Crippen molar-refractivity contribution in [1.29, 1.82) is 0 Å². The SMILES string of the molecule is CCC(N)Cc1noc(-c2c(F)ccc(C)c2F)n1. The maximum Gasteiger partial charge on any atom is 0.263 e. The molecule has 2 aromatic rings. The predicted molar refractivity (Wildman–Crippen MR) is 66.4 cm³/mol. The molecular weight excluding hydrogens is 252 g/mol. The van der Waals surface area contributed by atoms with E-state index in [0.29, 0.717) is 17.8 Å². The van der Waals surface area contributed by atoms with Crippen LogP contribution in [0.1, 0.15) is 24.7 Å². The normalized spacial score (nSPS) is 12.7. The summed E-state index contributed by atoms with van der Waals surface area (Å²) < 4.78 is 32.5. The van der Waals surface area contributed by atoms with Crippen LogP contribution in [0.5, 0.6) is 0 Å². The van der Waals surface area contributed by atoms with Gasteiger partial charge in [0.25, 0.3) is 5.89 Å². The Morgan fingerprint density at radius 1 is 1.37 bits per heavy atom. The van der Waals surface area contributed by atoms with Gasteiger partial charge in [0.15, 0.2) is 5.82 Å². The van der Waals surface area contributed by atoms with E-state index in [1.54, 1.807) is 6.92 Å². The number of halogens is 2. The molecule has 0 aliphatic carbocycles. The standard InChI is InChI=1S/C13H15F2N3O/c1-3-8(16)6-10-17-13(19-18-10)11-9(14)5-4-7(2)12(11)15/h4-5,8H,3,6,16H2,1-2H3. The summed E-state index contributed by atoms with van der Waals surface area (Å²) >= 11 is 0. The lowest BCUT2D eigenvalue weighted by atomic mass is 10.1. The molecule has 0 spiro atoms. The summed E-state index contributed by atoms with van der Waals surface area (Å²) in [5.41, 5.74) is 5.80. The van der Waals surface area contributed by atoms with Gasteiger partial charge in [-0.2, -0.15) is 4.98 Å². The molecule has 19 heavy (non-hydrogen) atoms. The third-order valence-corrected chi connectivity index (χ3v) is 2.94. The van der Waals surface area contributed by atoms with E-state index in [0.717, 1.165) is 6.42 Å². The Bertz CT molecular complexity index is 583. The van der Waals surface area contributed by atoms with E-state index in [2.05, 4.69) is 10.1 Å². The van der Waals surface area contributed by atoms with Gasteiger partial charge in [-0.15, -0.1) is 0 Å². The molecule has 0 aliphatic rings. The zero-order valence-corrected chi connectivity index (χ0v) is 10.8. The van der Waals surface area contributed by atoms with Crippen LogP contribution >= 0.6 is 0 Å². The van der Waals surface area contributed by atoms with Crippen molar-refractivity contribution in [1.82, 2.24) is 10.1 Å². The summed E-state index contributed by atoms with van der Waals surface area (Å²) in [6, 6.07) is 2.44. The van der Waals surface area contributed by atoms with Crippen molar-refractivity contribution < 1.29 is 13.3 Å². The molecule has 0 saturated carbocycles. The fourth-order valence-corrected chi connectivity index (χ4v) is 1.67. The first-order valence-corrected chi connectivity index (χ1v) is 6.06. The van der Waals surface area contributed by atoms with Crippen molar-refractivity contribution in [3.8, 4) is 11.5 Å². The lowest BCUT2D eigenvalue weighted by molar-refractivity contribution is 0.414. The van der Waals surface area contributed by atoms with E-state index in [1.807, 2.05) is 6.92 Å². The van der Waals surface area contributed by atoms with Gasteiger partial charge in [-0.3, -0.25) is 0 Å². The van der Waals surface area contributed by atoms with E-state index in [9.17, 15) is 8.78 Å². The van der Waals surface area contributed by atoms with Crippen LogP contribution in [0.2, 0.25) is 0 Å². The molecule has 0 radical (unpaired) electrons. The van der Waals surface area contributed by atoms with Gasteiger partial charge >= 0.3 is 0 Å². The lowest BCUT2D eigenvalue weighted by Gasteiger charge is -2.03. The van der Waals surface area contributed by atoms with Crippen LogP contribution in [-0.4, -0.2) is 16.2 Å². The number of nitrogens with two attached hydrogens (primary N) is 1. The summed E-state index contributed by atoms with van der Waals surface area (Å²) in [7, 11) is 0. The van der Waals surface area contributed by atoms with Crippen molar-refractivity contribution in [2.75, 3.05) is 0 Å². The smallest absolute Gasteiger partial charge is 0.263 e. The summed E-state index contributed by atoms with van der Waals surface area (Å²) in [5, 5.41) is 3.69. The third-order valence-electron chi connectivity index (χ3n) is 2.94. The zero-order chi connectivity index (χ0) is 14.0. The van der Waals surface area contributed by atoms with Crippen LogP contribution in [0.3, 0.4) is 0 Å². The second-order valence-corrected chi connectivity index (χ2v) is 4.44. The van der Waals surface area contributed by atoms with E-state index in [-0.39, 0.29) is 17.5 Å². The number of nitrogens with zero attached hydrogens (tertiary/aromatic N) is 2. The van der Waals surface area contributed by atoms with E-state index in [4.69, 9.17) is 10.3 Å². The molecule has 0 amide bonds. The number of aryl methyl sites for hydroxylation is 1. The Hall–Kier alpha value is -1.82. The van der Waals surface area contributed by atoms with Crippen LogP contribution in [0, 0.1) is 18.6 Å². The summed E-state index contributed by atoms with van der Waals surface area (Å²) in [4.78, 5) is 3.99. The maximum atomic E-state index is 13.9. The maximum absolute atomic E-state index is 13.9. The monoisotopic (exact) mass is 267 g/mol. The number of benzene rings is 1. The van der Waals surface area contributed by atoms with Crippen LogP contribution < -0.4 is 5.73 Å². The molecule has 1 aromatic carbocycles. The highest BCUT2D eigenvalue weighted by atomic mass is 19.1. The first-order valence-electron chi connectivity index (χ1n) is 6.06. The van der Waals surface area contributed by atoms with Gasteiger partial charge in [-0.1, -0.05) is 18.1 Å². The van der Waals surface area contributed by atoms with Gasteiger partial charge in [-0.25, -0.2) is 8.78 Å². The highest BCUT2D eigenvalue weighted by Crippen LogP contribution is 2.26. The minimum absolute atomic E-state index is 0.0994. The molecule has 1 atom stereocenters. The first-order chi connectivity index (χ1) is 9.02. The summed E-state index contributed by atoms with van der Waals surface area (Å²) in [6.07, 6.45) is 1.17. The van der Waals surface area contributed by atoms with Crippen LogP contribution in [0.4, 0.5) is 8.78 Å². The van der Waals surface area contributed by atoms with Crippen molar-refractivity contribution in [3.05, 3.63) is 35.2 Å². The average molecular weight is 267 g/mol. The van der Waals surface area contributed by atoms with Crippen molar-refractivity contribution >= 4 is 0 Å². The van der Waals surface area contributed by atoms with Gasteiger partial charge in [0.05, 0.1) is 0 Å². The molecule has 2 rings (SSSR count). The molecule has 1 unspecified atom stereocenters. The molecule has 4 nitrogen and oxygen atoms in total. The van der Waals surface area contributed by atoms with Gasteiger partial charge in [-0.05, 0) is 25.0 Å². The van der Waals surface area contributed by atoms with Gasteiger partial charge in [0.2, 0.25) is 0 Å². The summed E-state index contributed by atoms with van der Waals surface area (Å²) in [5.74, 6) is -1.21. The van der Waals surface area contributed by atoms with Gasteiger partial charge < -0.3 is 10.3 Å². The van der Waals surface area contributed by atoms with E-state index < -0.39 is 11.6 Å². The topological polar surface area (TPSA) is 64.9 Å². The Morgan fingerprint density at radius 3 is 2.79 bits per heavy atom. The Labute approximate surface area is 109 Å². The molecule has 0 saturated heterocycles. The first kappa shape index (κ1) is 13.6. The average Bonchev–Trinajstić information content (AvgIpc) is 2.82. The third kappa shape index (κ3) is 2.78. The van der Waals surface area contributed by atoms with Crippen molar-refractivity contribution in [2.24, 2.45) is 5.73 Å². The van der Waals surface area contributed by atoms with Crippen molar-refractivity contribution in [2.45, 2.75) is 32.7 Å². The highest BCUT2D eigenvalue weighted by Gasteiger charge is 2.20. The summed E-state index contributed by atoms with van der Waals surface area (Å²) in [6.45, 7) is 3.48. The molecular formula is C13H15F2N3O. The highest BCUT2D eigenvalue weighted by molar-refractivity contribution is 5.56. The fourth-order valence-electron chi connectivity index (χ4n) is 1.67. The second-order valence-electron chi connectivity index (χ2n) is 4.44. The molecule has 2 N–H and O–H groups in total. The van der Waals surface area contributed by atoms with Crippen LogP contribution in [-0.2, 0) is 6.42 Å². The minimum atomic E-state index is -0.724. The molecule has 0 fully saturated rings. The molecule has 6 heteroatoms. The number of rotatable bonds is 4. The Balaban J connectivity index is 2.36. The Morgan fingerprint density at radius 2 is 2.11 bits per heavy atom. The largest absolute Gasteiger partial charge is 0.334 e. The molecule has 1 aromatic heterocycles. The van der Waals surface area contributed by atoms with E-state index >= 15 is 0 Å². The minimum Gasteiger partial charge on any atom is -0.334 e. The number of hydrogen-bond donors (Lipinski definition) is 1. The fraction of sp³-hybridized carbons (Fsp3) is 0.385. The van der Waals surface area contributed by atoms with Gasteiger partial charge in [0.1, 0.15) is 17.2 Å². The predicted octanol–water partition coefficient (Wildman–Crippen LogP) is 2.60. The van der Waals surface area contributed by atoms with Crippen LogP contribution in [0.25, 0.3) is 11.5 Å². The van der Waals surface area contributed by atoms with E-state index in [1.165, 1.54) is 12.1 Å². The molecule has 0 aliphatic heterocycles. The quantitative estimate of drug-likeness (QED) is 0.924. The number of aromatic nitrogens is 2. The molecule has 0 bridgehead atoms. The Kier molecular flexibility index (Phi) is 3.90. The zero-order valence-electron chi connectivity index (χ0n) is 10.8. The van der Waals surface area contributed by atoms with Crippen LogP contribution in [0.15, 0.2) is 16.7 Å². The lowest BCUT2D eigenvalue weighted by Crippen LogP contribution is -2.21. The van der Waals surface area contributed by atoms with Crippen molar-refractivity contribution in [3.63, 3.8) is 0 Å². The molecule has 102 valence electrons. The van der Waals surface area contributed by atoms with Gasteiger partial charge in [0, 0.05) is 12.5 Å². The second kappa shape index (κ2) is 5.44.